The fourth-order valence-electron chi connectivity index (χ4n) is 2.66. The quantitative estimate of drug-likeness (QED) is 0.662. The van der Waals surface area contributed by atoms with E-state index in [9.17, 15) is 4.39 Å². The van der Waals surface area contributed by atoms with Crippen molar-refractivity contribution in [2.24, 2.45) is 0 Å². The maximum absolute atomic E-state index is 13.9. The highest BCUT2D eigenvalue weighted by atomic mass is 35.5. The van der Waals surface area contributed by atoms with E-state index >= 15 is 0 Å². The molecule has 0 N–H and O–H groups in total. The number of alkyl halides is 1. The van der Waals surface area contributed by atoms with Crippen molar-refractivity contribution < 1.29 is 4.39 Å². The minimum atomic E-state index is -0.192. The minimum absolute atomic E-state index is 0.0436. The molecule has 0 saturated heterocycles. The Hall–Kier alpha value is -1.35. The zero-order chi connectivity index (χ0) is 15.2. The fourth-order valence-corrected chi connectivity index (χ4v) is 2.93. The molecule has 0 radical (unpaired) electrons. The standard InChI is InChI=1S/C17H22ClFN2/c1-3-15(4-2)21-10-9-14(20-21)11-13(12-18)16-7-5-6-8-17(16)19/h5-10,13,15H,3-4,11-12H2,1-2H3. The molecule has 0 bridgehead atoms. The number of halogens is 2. The lowest BCUT2D eigenvalue weighted by molar-refractivity contribution is 0.424. The molecule has 0 aliphatic carbocycles. The number of nitrogens with zero attached hydrogens (tertiary/aromatic N) is 2. The van der Waals surface area contributed by atoms with Crippen molar-refractivity contribution in [3.8, 4) is 0 Å². The van der Waals surface area contributed by atoms with E-state index < -0.39 is 0 Å². The molecule has 21 heavy (non-hydrogen) atoms. The maximum atomic E-state index is 13.9. The number of hydrogen-bond acceptors (Lipinski definition) is 1. The van der Waals surface area contributed by atoms with Crippen molar-refractivity contribution in [2.45, 2.75) is 45.1 Å². The molecule has 0 aliphatic rings. The number of rotatable bonds is 7. The van der Waals surface area contributed by atoms with Crippen LogP contribution in [0.1, 0.15) is 49.9 Å². The molecular formula is C17H22ClFN2. The van der Waals surface area contributed by atoms with Gasteiger partial charge in [-0.3, -0.25) is 4.68 Å². The summed E-state index contributed by atoms with van der Waals surface area (Å²) in [6, 6.07) is 9.28. The maximum Gasteiger partial charge on any atom is 0.126 e. The van der Waals surface area contributed by atoms with Gasteiger partial charge in [0.2, 0.25) is 0 Å². The van der Waals surface area contributed by atoms with E-state index in [0.717, 1.165) is 18.5 Å². The van der Waals surface area contributed by atoms with E-state index in [1.165, 1.54) is 6.07 Å². The van der Waals surface area contributed by atoms with Crippen LogP contribution in [0.3, 0.4) is 0 Å². The van der Waals surface area contributed by atoms with Crippen LogP contribution in [0.15, 0.2) is 36.5 Å². The topological polar surface area (TPSA) is 17.8 Å². The second-order valence-corrected chi connectivity index (χ2v) is 5.64. The van der Waals surface area contributed by atoms with E-state index in [4.69, 9.17) is 11.6 Å². The predicted molar refractivity (Wildman–Crippen MR) is 85.4 cm³/mol. The first-order valence-corrected chi connectivity index (χ1v) is 8.07. The van der Waals surface area contributed by atoms with Crippen LogP contribution in [0.5, 0.6) is 0 Å². The monoisotopic (exact) mass is 308 g/mol. The molecule has 2 nitrogen and oxygen atoms in total. The third-order valence-electron chi connectivity index (χ3n) is 3.97. The molecule has 1 aromatic heterocycles. The summed E-state index contributed by atoms with van der Waals surface area (Å²) in [6.07, 6.45) is 4.80. The Morgan fingerprint density at radius 2 is 1.90 bits per heavy atom. The van der Waals surface area contributed by atoms with Gasteiger partial charge in [0.15, 0.2) is 0 Å². The van der Waals surface area contributed by atoms with E-state index in [-0.39, 0.29) is 11.7 Å². The summed E-state index contributed by atoms with van der Waals surface area (Å²) in [5, 5.41) is 4.63. The SMILES string of the molecule is CCC(CC)n1ccc(CC(CCl)c2ccccc2F)n1. The van der Waals surface area contributed by atoms with Crippen LogP contribution in [-0.4, -0.2) is 15.7 Å². The molecule has 1 atom stereocenters. The van der Waals surface area contributed by atoms with Crippen molar-refractivity contribution in [2.75, 3.05) is 5.88 Å². The predicted octanol–water partition coefficient (Wildman–Crippen LogP) is 4.95. The zero-order valence-corrected chi connectivity index (χ0v) is 13.4. The molecule has 114 valence electrons. The summed E-state index contributed by atoms with van der Waals surface area (Å²) in [5.74, 6) is 0.152. The number of benzene rings is 1. The molecule has 1 aromatic carbocycles. The van der Waals surface area contributed by atoms with Gasteiger partial charge < -0.3 is 0 Å². The molecule has 0 aliphatic heterocycles. The van der Waals surface area contributed by atoms with Crippen molar-refractivity contribution in [1.82, 2.24) is 9.78 Å². The van der Waals surface area contributed by atoms with E-state index in [0.29, 0.717) is 23.9 Å². The smallest absolute Gasteiger partial charge is 0.126 e. The molecule has 0 fully saturated rings. The lowest BCUT2D eigenvalue weighted by Crippen LogP contribution is -2.10. The summed E-state index contributed by atoms with van der Waals surface area (Å²) in [6.45, 7) is 4.33. The summed E-state index contributed by atoms with van der Waals surface area (Å²) in [5.41, 5.74) is 1.64. The third kappa shape index (κ3) is 3.85. The first-order chi connectivity index (χ1) is 10.2. The van der Waals surface area contributed by atoms with Crippen LogP contribution < -0.4 is 0 Å². The third-order valence-corrected chi connectivity index (χ3v) is 4.34. The van der Waals surface area contributed by atoms with Gasteiger partial charge in [-0.2, -0.15) is 5.10 Å². The zero-order valence-electron chi connectivity index (χ0n) is 12.6. The Balaban J connectivity index is 2.14. The van der Waals surface area contributed by atoms with Crippen LogP contribution in [0.4, 0.5) is 4.39 Å². The molecule has 0 spiro atoms. The molecule has 1 unspecified atom stereocenters. The molecule has 2 rings (SSSR count). The Morgan fingerprint density at radius 1 is 1.19 bits per heavy atom. The number of hydrogen-bond donors (Lipinski definition) is 0. The van der Waals surface area contributed by atoms with Gasteiger partial charge in [0.25, 0.3) is 0 Å². The Morgan fingerprint density at radius 3 is 2.52 bits per heavy atom. The van der Waals surface area contributed by atoms with Crippen molar-refractivity contribution in [3.63, 3.8) is 0 Å². The highest BCUT2D eigenvalue weighted by Crippen LogP contribution is 2.25. The van der Waals surface area contributed by atoms with Gasteiger partial charge in [-0.1, -0.05) is 32.0 Å². The molecule has 0 saturated carbocycles. The Kier molecular flexibility index (Phi) is 5.80. The van der Waals surface area contributed by atoms with Crippen LogP contribution in [0.2, 0.25) is 0 Å². The van der Waals surface area contributed by atoms with Gasteiger partial charge in [0, 0.05) is 18.0 Å². The fraction of sp³-hybridized carbons (Fsp3) is 0.471. The Bertz CT molecular complexity index is 563. The lowest BCUT2D eigenvalue weighted by Gasteiger charge is -2.15. The lowest BCUT2D eigenvalue weighted by atomic mass is 9.95. The van der Waals surface area contributed by atoms with E-state index in [1.807, 2.05) is 23.0 Å². The number of aromatic nitrogens is 2. The van der Waals surface area contributed by atoms with Gasteiger partial charge in [-0.25, -0.2) is 4.39 Å². The van der Waals surface area contributed by atoms with E-state index in [2.05, 4.69) is 18.9 Å². The van der Waals surface area contributed by atoms with E-state index in [1.54, 1.807) is 12.1 Å². The van der Waals surface area contributed by atoms with Crippen molar-refractivity contribution >= 4 is 11.6 Å². The molecular weight excluding hydrogens is 287 g/mol. The van der Waals surface area contributed by atoms with Crippen LogP contribution in [0.25, 0.3) is 0 Å². The first-order valence-electron chi connectivity index (χ1n) is 7.54. The van der Waals surface area contributed by atoms with Gasteiger partial charge in [-0.15, -0.1) is 11.6 Å². The van der Waals surface area contributed by atoms with Crippen LogP contribution in [0, 0.1) is 5.82 Å². The average molecular weight is 309 g/mol. The summed E-state index contributed by atoms with van der Waals surface area (Å²) < 4.78 is 15.9. The van der Waals surface area contributed by atoms with Gasteiger partial charge in [0.1, 0.15) is 5.82 Å². The highest BCUT2D eigenvalue weighted by molar-refractivity contribution is 6.18. The molecule has 0 amide bonds. The molecule has 4 heteroatoms. The summed E-state index contributed by atoms with van der Waals surface area (Å²) in [4.78, 5) is 0. The second kappa shape index (κ2) is 7.60. The molecule has 1 heterocycles. The largest absolute Gasteiger partial charge is 0.269 e. The van der Waals surface area contributed by atoms with Crippen LogP contribution >= 0.6 is 11.6 Å². The second-order valence-electron chi connectivity index (χ2n) is 5.33. The van der Waals surface area contributed by atoms with Crippen molar-refractivity contribution in [3.05, 3.63) is 53.6 Å². The normalized spacial score (nSPS) is 12.8. The highest BCUT2D eigenvalue weighted by Gasteiger charge is 2.17. The summed E-state index contributed by atoms with van der Waals surface area (Å²) in [7, 11) is 0. The minimum Gasteiger partial charge on any atom is -0.269 e. The van der Waals surface area contributed by atoms with Crippen LogP contribution in [-0.2, 0) is 6.42 Å². The van der Waals surface area contributed by atoms with Crippen molar-refractivity contribution in [1.29, 1.82) is 0 Å². The summed E-state index contributed by atoms with van der Waals surface area (Å²) >= 11 is 6.05. The Labute approximate surface area is 130 Å². The molecule has 2 aromatic rings. The van der Waals surface area contributed by atoms with Gasteiger partial charge in [0.05, 0.1) is 11.7 Å². The first kappa shape index (κ1) is 16.0. The van der Waals surface area contributed by atoms with Gasteiger partial charge in [-0.05, 0) is 37.0 Å². The van der Waals surface area contributed by atoms with Gasteiger partial charge >= 0.3 is 0 Å². The average Bonchev–Trinajstić information content (AvgIpc) is 2.95.